The number of aromatic hydroxyl groups is 1. The standard InChI is InChI=1S/C13H19N3O2/c1-9-4-2-6-13(14,8-9)12(18)16-11-10(17)5-3-7-15-11/h3,5,7,9,17H,2,4,6,8,14H2,1H3,(H,15,16,18). The topological polar surface area (TPSA) is 88.2 Å². The van der Waals surface area contributed by atoms with Crippen molar-refractivity contribution < 1.29 is 9.90 Å². The first-order chi connectivity index (χ1) is 8.51. The number of anilines is 1. The maximum Gasteiger partial charge on any atom is 0.245 e. The Kier molecular flexibility index (Phi) is 3.52. The van der Waals surface area contributed by atoms with Crippen molar-refractivity contribution in [3.63, 3.8) is 0 Å². The number of hydrogen-bond donors (Lipinski definition) is 3. The second-order valence-electron chi connectivity index (χ2n) is 5.18. The van der Waals surface area contributed by atoms with Gasteiger partial charge in [0.2, 0.25) is 5.91 Å². The molecule has 1 aromatic rings. The lowest BCUT2D eigenvalue weighted by molar-refractivity contribution is -0.122. The van der Waals surface area contributed by atoms with Gasteiger partial charge in [0.05, 0.1) is 5.54 Å². The molecule has 1 fully saturated rings. The molecule has 0 aliphatic heterocycles. The van der Waals surface area contributed by atoms with Crippen LogP contribution in [0.15, 0.2) is 18.3 Å². The summed E-state index contributed by atoms with van der Waals surface area (Å²) in [6, 6.07) is 3.08. The SMILES string of the molecule is CC1CCCC(N)(C(=O)Nc2ncccc2O)C1. The molecule has 1 saturated carbocycles. The van der Waals surface area contributed by atoms with E-state index in [-0.39, 0.29) is 17.5 Å². The van der Waals surface area contributed by atoms with Gasteiger partial charge in [0, 0.05) is 6.20 Å². The lowest BCUT2D eigenvalue weighted by Crippen LogP contribution is -2.53. The summed E-state index contributed by atoms with van der Waals surface area (Å²) in [7, 11) is 0. The molecule has 98 valence electrons. The first-order valence-electron chi connectivity index (χ1n) is 6.25. The van der Waals surface area contributed by atoms with Gasteiger partial charge in [0.25, 0.3) is 0 Å². The first-order valence-corrected chi connectivity index (χ1v) is 6.25. The Morgan fingerprint density at radius 2 is 2.44 bits per heavy atom. The third kappa shape index (κ3) is 2.61. The average Bonchev–Trinajstić information content (AvgIpc) is 2.31. The molecule has 4 N–H and O–H groups in total. The first kappa shape index (κ1) is 12.8. The zero-order chi connectivity index (χ0) is 13.2. The van der Waals surface area contributed by atoms with E-state index < -0.39 is 5.54 Å². The Morgan fingerprint density at radius 1 is 1.67 bits per heavy atom. The number of aromatic nitrogens is 1. The van der Waals surface area contributed by atoms with E-state index in [0.717, 1.165) is 12.8 Å². The minimum Gasteiger partial charge on any atom is -0.504 e. The van der Waals surface area contributed by atoms with Crippen LogP contribution in [-0.4, -0.2) is 21.5 Å². The van der Waals surface area contributed by atoms with Gasteiger partial charge in [0.1, 0.15) is 0 Å². The van der Waals surface area contributed by atoms with E-state index >= 15 is 0 Å². The van der Waals surface area contributed by atoms with Crippen LogP contribution in [0.5, 0.6) is 5.75 Å². The third-order valence-electron chi connectivity index (χ3n) is 3.50. The van der Waals surface area contributed by atoms with Gasteiger partial charge in [0.15, 0.2) is 11.6 Å². The van der Waals surface area contributed by atoms with Crippen LogP contribution < -0.4 is 11.1 Å². The summed E-state index contributed by atoms with van der Waals surface area (Å²) < 4.78 is 0. The highest BCUT2D eigenvalue weighted by atomic mass is 16.3. The van der Waals surface area contributed by atoms with Crippen molar-refractivity contribution >= 4 is 11.7 Å². The van der Waals surface area contributed by atoms with Crippen LogP contribution in [0.2, 0.25) is 0 Å². The van der Waals surface area contributed by atoms with E-state index in [0.29, 0.717) is 18.8 Å². The molecule has 1 heterocycles. The van der Waals surface area contributed by atoms with E-state index in [9.17, 15) is 9.90 Å². The monoisotopic (exact) mass is 249 g/mol. The van der Waals surface area contributed by atoms with E-state index in [1.807, 2.05) is 0 Å². The number of nitrogens with zero attached hydrogens (tertiary/aromatic N) is 1. The van der Waals surface area contributed by atoms with Gasteiger partial charge in [-0.25, -0.2) is 4.98 Å². The normalized spacial score (nSPS) is 27.8. The molecule has 1 aromatic heterocycles. The molecule has 5 nitrogen and oxygen atoms in total. The Bertz CT molecular complexity index is 450. The molecule has 18 heavy (non-hydrogen) atoms. The molecule has 0 bridgehead atoms. The number of nitrogens with two attached hydrogens (primary N) is 1. The number of hydrogen-bond acceptors (Lipinski definition) is 4. The van der Waals surface area contributed by atoms with E-state index in [1.165, 1.54) is 12.3 Å². The van der Waals surface area contributed by atoms with Crippen molar-refractivity contribution in [3.05, 3.63) is 18.3 Å². The molecule has 2 rings (SSSR count). The van der Waals surface area contributed by atoms with Crippen LogP contribution in [0.1, 0.15) is 32.6 Å². The van der Waals surface area contributed by atoms with Crippen molar-refractivity contribution in [1.29, 1.82) is 0 Å². The second kappa shape index (κ2) is 4.94. The molecule has 1 amide bonds. The fraction of sp³-hybridized carbons (Fsp3) is 0.538. The van der Waals surface area contributed by atoms with Gasteiger partial charge in [-0.05, 0) is 30.9 Å². The zero-order valence-electron chi connectivity index (χ0n) is 10.5. The molecule has 1 aliphatic carbocycles. The van der Waals surface area contributed by atoms with E-state index in [2.05, 4.69) is 17.2 Å². The van der Waals surface area contributed by atoms with Crippen LogP contribution in [0.25, 0.3) is 0 Å². The fourth-order valence-corrected chi connectivity index (χ4v) is 2.52. The molecular weight excluding hydrogens is 230 g/mol. The lowest BCUT2D eigenvalue weighted by atomic mass is 9.76. The summed E-state index contributed by atoms with van der Waals surface area (Å²) in [6.07, 6.45) is 4.94. The highest BCUT2D eigenvalue weighted by molar-refractivity contribution is 5.98. The summed E-state index contributed by atoms with van der Waals surface area (Å²) in [4.78, 5) is 16.1. The molecular formula is C13H19N3O2. The van der Waals surface area contributed by atoms with Gasteiger partial charge in [-0.15, -0.1) is 0 Å². The minimum atomic E-state index is -0.846. The molecule has 1 aliphatic rings. The predicted molar refractivity (Wildman–Crippen MR) is 69.1 cm³/mol. The van der Waals surface area contributed by atoms with Crippen LogP contribution in [0.3, 0.4) is 0 Å². The summed E-state index contributed by atoms with van der Waals surface area (Å²) in [6.45, 7) is 2.10. The Labute approximate surface area is 106 Å². The summed E-state index contributed by atoms with van der Waals surface area (Å²) in [5.74, 6) is 0.318. The van der Waals surface area contributed by atoms with Gasteiger partial charge in [-0.3, -0.25) is 4.79 Å². The Morgan fingerprint density at radius 3 is 3.11 bits per heavy atom. The number of carbonyl (C=O) groups excluding carboxylic acids is 1. The minimum absolute atomic E-state index is 0.0432. The van der Waals surface area contributed by atoms with Crippen molar-refractivity contribution in [2.24, 2.45) is 11.7 Å². The molecule has 0 aromatic carbocycles. The number of pyridine rings is 1. The quantitative estimate of drug-likeness (QED) is 0.743. The van der Waals surface area contributed by atoms with Crippen LogP contribution in [-0.2, 0) is 4.79 Å². The zero-order valence-corrected chi connectivity index (χ0v) is 10.5. The molecule has 0 radical (unpaired) electrons. The van der Waals surface area contributed by atoms with Gasteiger partial charge < -0.3 is 16.2 Å². The number of carbonyl (C=O) groups is 1. The summed E-state index contributed by atoms with van der Waals surface area (Å²) >= 11 is 0. The van der Waals surface area contributed by atoms with Crippen LogP contribution in [0.4, 0.5) is 5.82 Å². The molecule has 0 saturated heterocycles. The molecule has 5 heteroatoms. The smallest absolute Gasteiger partial charge is 0.245 e. The van der Waals surface area contributed by atoms with Gasteiger partial charge >= 0.3 is 0 Å². The summed E-state index contributed by atoms with van der Waals surface area (Å²) in [5.41, 5.74) is 5.32. The third-order valence-corrected chi connectivity index (χ3v) is 3.50. The van der Waals surface area contributed by atoms with Crippen molar-refractivity contribution in [2.45, 2.75) is 38.1 Å². The highest BCUT2D eigenvalue weighted by Crippen LogP contribution is 2.31. The fourth-order valence-electron chi connectivity index (χ4n) is 2.52. The lowest BCUT2D eigenvalue weighted by Gasteiger charge is -2.35. The number of nitrogens with one attached hydrogen (secondary N) is 1. The molecule has 0 spiro atoms. The highest BCUT2D eigenvalue weighted by Gasteiger charge is 2.38. The Balaban J connectivity index is 2.10. The average molecular weight is 249 g/mol. The maximum absolute atomic E-state index is 12.2. The molecule has 2 atom stereocenters. The molecule has 2 unspecified atom stereocenters. The van der Waals surface area contributed by atoms with Gasteiger partial charge in [-0.1, -0.05) is 19.8 Å². The number of amides is 1. The number of rotatable bonds is 2. The van der Waals surface area contributed by atoms with E-state index in [1.54, 1.807) is 6.07 Å². The van der Waals surface area contributed by atoms with Crippen LogP contribution in [0, 0.1) is 5.92 Å². The summed E-state index contributed by atoms with van der Waals surface area (Å²) in [5, 5.41) is 12.2. The van der Waals surface area contributed by atoms with Crippen molar-refractivity contribution in [3.8, 4) is 5.75 Å². The predicted octanol–water partition coefficient (Wildman–Crippen LogP) is 1.63. The largest absolute Gasteiger partial charge is 0.504 e. The van der Waals surface area contributed by atoms with Gasteiger partial charge in [-0.2, -0.15) is 0 Å². The second-order valence-corrected chi connectivity index (χ2v) is 5.18. The van der Waals surface area contributed by atoms with Crippen molar-refractivity contribution in [2.75, 3.05) is 5.32 Å². The van der Waals surface area contributed by atoms with E-state index in [4.69, 9.17) is 5.73 Å². The van der Waals surface area contributed by atoms with Crippen LogP contribution >= 0.6 is 0 Å². The Hall–Kier alpha value is -1.62. The van der Waals surface area contributed by atoms with Crippen molar-refractivity contribution in [1.82, 2.24) is 4.98 Å². The maximum atomic E-state index is 12.2.